The highest BCUT2D eigenvalue weighted by atomic mass is 19.4. The number of alkyl halides is 3. The van der Waals surface area contributed by atoms with E-state index in [0.717, 1.165) is 0 Å². The van der Waals surface area contributed by atoms with E-state index in [4.69, 9.17) is 11.5 Å². The summed E-state index contributed by atoms with van der Waals surface area (Å²) in [5, 5.41) is 2.57. The van der Waals surface area contributed by atoms with Crippen LogP contribution in [-0.2, 0) is 18.3 Å². The topological polar surface area (TPSA) is 92.2 Å². The number of aryl methyl sites for hydroxylation is 1. The van der Waals surface area contributed by atoms with Gasteiger partial charge in [0.05, 0.1) is 5.56 Å². The van der Waals surface area contributed by atoms with Crippen LogP contribution in [0, 0.1) is 0 Å². The van der Waals surface area contributed by atoms with Crippen molar-refractivity contribution in [2.75, 3.05) is 5.32 Å². The fourth-order valence-corrected chi connectivity index (χ4v) is 2.19. The molecule has 0 bridgehead atoms. The number of aromatic amines is 1. The number of nitrogens with one attached hydrogen (secondary N) is 2. The minimum atomic E-state index is -4.49. The number of halogens is 3. The van der Waals surface area contributed by atoms with Crippen molar-refractivity contribution in [3.63, 3.8) is 0 Å². The summed E-state index contributed by atoms with van der Waals surface area (Å²) in [6, 6.07) is 0. The van der Waals surface area contributed by atoms with Crippen LogP contribution < -0.4 is 16.8 Å². The third-order valence-corrected chi connectivity index (χ3v) is 2.83. The van der Waals surface area contributed by atoms with Crippen LogP contribution in [-0.4, -0.2) is 10.9 Å². The number of aromatic nitrogens is 1. The molecule has 2 heterocycles. The van der Waals surface area contributed by atoms with E-state index >= 15 is 0 Å². The second-order valence-electron chi connectivity index (χ2n) is 4.35. The molecule has 100 valence electrons. The van der Waals surface area contributed by atoms with Crippen molar-refractivity contribution < 1.29 is 13.2 Å². The SMILES string of the molecule is CCc1[nH]c2c(c1C(F)(F)F)C(C)(N)N=C(N)N2. The molecule has 1 aliphatic rings. The molecule has 0 fully saturated rings. The summed E-state index contributed by atoms with van der Waals surface area (Å²) in [5.74, 6) is 0.154. The Hall–Kier alpha value is -1.70. The Kier molecular flexibility index (Phi) is 2.58. The lowest BCUT2D eigenvalue weighted by Crippen LogP contribution is -2.41. The Morgan fingerprint density at radius 3 is 2.50 bits per heavy atom. The Labute approximate surface area is 101 Å². The molecule has 1 aromatic heterocycles. The van der Waals surface area contributed by atoms with Gasteiger partial charge in [0.2, 0.25) is 0 Å². The van der Waals surface area contributed by atoms with Gasteiger partial charge in [-0.05, 0) is 13.3 Å². The molecule has 1 atom stereocenters. The summed E-state index contributed by atoms with van der Waals surface area (Å²) >= 11 is 0. The van der Waals surface area contributed by atoms with E-state index < -0.39 is 17.4 Å². The molecule has 8 heteroatoms. The molecule has 5 nitrogen and oxygen atoms in total. The molecule has 2 rings (SSSR count). The molecule has 0 saturated heterocycles. The van der Waals surface area contributed by atoms with Crippen LogP contribution in [0.4, 0.5) is 19.0 Å². The van der Waals surface area contributed by atoms with Crippen LogP contribution in [0.15, 0.2) is 4.99 Å². The Morgan fingerprint density at radius 2 is 2.00 bits per heavy atom. The normalized spacial score (nSPS) is 23.3. The zero-order valence-electron chi connectivity index (χ0n) is 9.94. The third kappa shape index (κ3) is 1.82. The number of H-pyrrole nitrogens is 1. The molecule has 0 spiro atoms. The second kappa shape index (κ2) is 3.64. The van der Waals surface area contributed by atoms with E-state index in [9.17, 15) is 13.2 Å². The maximum atomic E-state index is 13.1. The molecule has 0 aliphatic carbocycles. The highest BCUT2D eigenvalue weighted by Gasteiger charge is 2.45. The first-order chi connectivity index (χ1) is 8.16. The Morgan fingerprint density at radius 1 is 1.39 bits per heavy atom. The number of rotatable bonds is 1. The van der Waals surface area contributed by atoms with Gasteiger partial charge in [0.15, 0.2) is 5.96 Å². The number of nitrogens with zero attached hydrogens (tertiary/aromatic N) is 1. The highest BCUT2D eigenvalue weighted by molar-refractivity contribution is 5.95. The number of hydrogen-bond acceptors (Lipinski definition) is 4. The van der Waals surface area contributed by atoms with E-state index in [-0.39, 0.29) is 29.5 Å². The van der Waals surface area contributed by atoms with Gasteiger partial charge < -0.3 is 21.8 Å². The van der Waals surface area contributed by atoms with Gasteiger partial charge in [0.1, 0.15) is 11.5 Å². The maximum Gasteiger partial charge on any atom is 0.418 e. The third-order valence-electron chi connectivity index (χ3n) is 2.83. The summed E-state index contributed by atoms with van der Waals surface area (Å²) < 4.78 is 39.3. The summed E-state index contributed by atoms with van der Waals surface area (Å²) in [6.07, 6.45) is -4.28. The van der Waals surface area contributed by atoms with Crippen LogP contribution in [0.2, 0.25) is 0 Å². The zero-order valence-corrected chi connectivity index (χ0v) is 9.94. The van der Waals surface area contributed by atoms with Crippen molar-refractivity contribution in [1.29, 1.82) is 0 Å². The van der Waals surface area contributed by atoms with Crippen LogP contribution in [0.3, 0.4) is 0 Å². The molecule has 1 aliphatic heterocycles. The predicted molar refractivity (Wildman–Crippen MR) is 62.0 cm³/mol. The molecule has 0 saturated carbocycles. The first-order valence-corrected chi connectivity index (χ1v) is 5.40. The predicted octanol–water partition coefficient (Wildman–Crippen LogP) is 1.47. The molecule has 6 N–H and O–H groups in total. The van der Waals surface area contributed by atoms with Crippen LogP contribution >= 0.6 is 0 Å². The summed E-state index contributed by atoms with van der Waals surface area (Å²) in [5.41, 5.74) is 9.03. The largest absolute Gasteiger partial charge is 0.418 e. The van der Waals surface area contributed by atoms with Crippen molar-refractivity contribution in [1.82, 2.24) is 4.98 Å². The van der Waals surface area contributed by atoms with Gasteiger partial charge in [-0.25, -0.2) is 4.99 Å². The van der Waals surface area contributed by atoms with E-state index in [0.29, 0.717) is 0 Å². The van der Waals surface area contributed by atoms with Gasteiger partial charge in [0.25, 0.3) is 0 Å². The Bertz CT molecular complexity index is 512. The average molecular weight is 261 g/mol. The zero-order chi connectivity index (χ0) is 13.7. The first-order valence-electron chi connectivity index (χ1n) is 5.40. The number of aliphatic imine (C=N–C) groups is 1. The van der Waals surface area contributed by atoms with E-state index in [1.807, 2.05) is 0 Å². The minimum Gasteiger partial charge on any atom is -0.370 e. The monoisotopic (exact) mass is 261 g/mol. The van der Waals surface area contributed by atoms with Gasteiger partial charge >= 0.3 is 6.18 Å². The van der Waals surface area contributed by atoms with Gasteiger partial charge in [-0.2, -0.15) is 13.2 Å². The van der Waals surface area contributed by atoms with E-state index in [2.05, 4.69) is 15.3 Å². The fourth-order valence-electron chi connectivity index (χ4n) is 2.19. The minimum absolute atomic E-state index is 0.00914. The molecule has 1 unspecified atom stereocenters. The number of nitrogens with two attached hydrogens (primary N) is 2. The quantitative estimate of drug-likeness (QED) is 0.616. The molecular formula is C10H14F3N5. The van der Waals surface area contributed by atoms with Gasteiger partial charge in [-0.1, -0.05) is 6.92 Å². The summed E-state index contributed by atoms with van der Waals surface area (Å²) in [4.78, 5) is 6.49. The molecule has 0 aromatic carbocycles. The molecular weight excluding hydrogens is 247 g/mol. The standard InChI is InChI=1S/C10H14F3N5/c1-3-4-5(10(11,12)13)6-7(16-4)17-8(14)18-9(6,2)15/h16H,3,15H2,1-2H3,(H3,14,17,18). The van der Waals surface area contributed by atoms with Crippen LogP contribution in [0.5, 0.6) is 0 Å². The van der Waals surface area contributed by atoms with E-state index in [1.165, 1.54) is 6.92 Å². The van der Waals surface area contributed by atoms with Gasteiger partial charge in [-0.3, -0.25) is 0 Å². The van der Waals surface area contributed by atoms with Crippen LogP contribution in [0.1, 0.15) is 30.7 Å². The molecule has 0 amide bonds. The fraction of sp³-hybridized carbons (Fsp3) is 0.500. The van der Waals surface area contributed by atoms with Crippen LogP contribution in [0.25, 0.3) is 0 Å². The van der Waals surface area contributed by atoms with Crippen molar-refractivity contribution in [3.8, 4) is 0 Å². The maximum absolute atomic E-state index is 13.1. The summed E-state index contributed by atoms with van der Waals surface area (Å²) in [6.45, 7) is 3.02. The number of anilines is 1. The number of guanidine groups is 1. The summed E-state index contributed by atoms with van der Waals surface area (Å²) in [7, 11) is 0. The molecule has 18 heavy (non-hydrogen) atoms. The molecule has 1 aromatic rings. The lowest BCUT2D eigenvalue weighted by Gasteiger charge is -2.28. The highest BCUT2D eigenvalue weighted by Crippen LogP contribution is 2.44. The second-order valence-corrected chi connectivity index (χ2v) is 4.35. The number of hydrogen-bond donors (Lipinski definition) is 4. The number of fused-ring (bicyclic) bond motifs is 1. The Balaban J connectivity index is 2.72. The van der Waals surface area contributed by atoms with Gasteiger partial charge in [-0.15, -0.1) is 0 Å². The molecule has 0 radical (unpaired) electrons. The smallest absolute Gasteiger partial charge is 0.370 e. The lowest BCUT2D eigenvalue weighted by molar-refractivity contribution is -0.139. The first kappa shape index (κ1) is 12.7. The van der Waals surface area contributed by atoms with Crippen molar-refractivity contribution in [2.24, 2.45) is 16.5 Å². The van der Waals surface area contributed by atoms with Crippen molar-refractivity contribution in [3.05, 3.63) is 16.8 Å². The van der Waals surface area contributed by atoms with E-state index in [1.54, 1.807) is 6.92 Å². The van der Waals surface area contributed by atoms with Crippen molar-refractivity contribution in [2.45, 2.75) is 32.1 Å². The lowest BCUT2D eigenvalue weighted by atomic mass is 9.97. The average Bonchev–Trinajstić information content (AvgIpc) is 2.54. The van der Waals surface area contributed by atoms with Crippen molar-refractivity contribution >= 4 is 11.8 Å². The van der Waals surface area contributed by atoms with Gasteiger partial charge in [0, 0.05) is 11.3 Å².